The molecule has 3 heterocycles. The fraction of sp³-hybridized carbons (Fsp3) is 0.0244. The lowest BCUT2D eigenvalue weighted by atomic mass is 9.98. The highest BCUT2D eigenvalue weighted by Gasteiger charge is 2.19. The van der Waals surface area contributed by atoms with Crippen LogP contribution >= 0.6 is 0 Å². The predicted octanol–water partition coefficient (Wildman–Crippen LogP) is 11.4. The quantitative estimate of drug-likeness (QED) is 0.192. The molecule has 7 aromatic carbocycles. The first-order chi connectivity index (χ1) is 22.2. The first-order valence-corrected chi connectivity index (χ1v) is 15.2. The Bertz CT molecular complexity index is 2800. The van der Waals surface area contributed by atoms with Crippen molar-refractivity contribution in [1.82, 2.24) is 9.97 Å². The van der Waals surface area contributed by atoms with Gasteiger partial charge in [-0.2, -0.15) is 0 Å². The SMILES string of the molecule is Cc1cccc2c1oc1c2ccc2oc3c(-c4cccc(-c5cnc6c7ccccc7c7ccccc7c6n5)c4)cccc3c21. The standard InChI is InChI=1S/C41H24N2O2/c1-23-9-6-17-31-32-19-20-35-36(41(32)45-39(23)31)33-18-8-16-26(40(33)44-35)24-10-7-11-25(21-24)34-22-42-37-29-14-4-2-12-27(29)28-13-3-5-15-30(28)38(37)43-34/h2-22H,1H3. The van der Waals surface area contributed by atoms with Gasteiger partial charge in [-0.15, -0.1) is 0 Å². The normalized spacial score (nSPS) is 12.1. The maximum absolute atomic E-state index is 6.58. The summed E-state index contributed by atoms with van der Waals surface area (Å²) in [5.41, 5.74) is 10.3. The Morgan fingerprint density at radius 1 is 0.489 bits per heavy atom. The number of aryl methyl sites for hydroxylation is 1. The van der Waals surface area contributed by atoms with E-state index >= 15 is 0 Å². The van der Waals surface area contributed by atoms with E-state index in [0.717, 1.165) is 93.6 Å². The molecule has 0 aliphatic rings. The Morgan fingerprint density at radius 3 is 2.00 bits per heavy atom. The van der Waals surface area contributed by atoms with E-state index in [-0.39, 0.29) is 0 Å². The van der Waals surface area contributed by atoms with Gasteiger partial charge < -0.3 is 8.83 Å². The molecular formula is C41H24N2O2. The van der Waals surface area contributed by atoms with E-state index in [4.69, 9.17) is 18.8 Å². The average molecular weight is 577 g/mol. The zero-order valence-corrected chi connectivity index (χ0v) is 24.3. The lowest BCUT2D eigenvalue weighted by Gasteiger charge is -2.11. The van der Waals surface area contributed by atoms with Gasteiger partial charge >= 0.3 is 0 Å². The molecule has 45 heavy (non-hydrogen) atoms. The highest BCUT2D eigenvalue weighted by Crippen LogP contribution is 2.43. The molecule has 210 valence electrons. The van der Waals surface area contributed by atoms with Crippen LogP contribution in [0.3, 0.4) is 0 Å². The van der Waals surface area contributed by atoms with Gasteiger partial charge in [0, 0.05) is 38.1 Å². The molecule has 0 radical (unpaired) electrons. The predicted molar refractivity (Wildman–Crippen MR) is 185 cm³/mol. The summed E-state index contributed by atoms with van der Waals surface area (Å²) in [6.07, 6.45) is 1.89. The fourth-order valence-electron chi connectivity index (χ4n) is 7.11. The molecule has 0 aliphatic heterocycles. The Morgan fingerprint density at radius 2 is 1.16 bits per heavy atom. The lowest BCUT2D eigenvalue weighted by Crippen LogP contribution is -1.92. The molecule has 0 unspecified atom stereocenters. The third-order valence-electron chi connectivity index (χ3n) is 9.22. The van der Waals surface area contributed by atoms with Gasteiger partial charge in [-0.3, -0.25) is 4.98 Å². The molecule has 10 rings (SSSR count). The second-order valence-corrected chi connectivity index (χ2v) is 11.8. The van der Waals surface area contributed by atoms with Crippen LogP contribution in [0.25, 0.3) is 98.8 Å². The summed E-state index contributed by atoms with van der Waals surface area (Å²) in [6.45, 7) is 2.09. The monoisotopic (exact) mass is 576 g/mol. The largest absolute Gasteiger partial charge is 0.455 e. The lowest BCUT2D eigenvalue weighted by molar-refractivity contribution is 0.662. The van der Waals surface area contributed by atoms with E-state index in [1.165, 1.54) is 10.8 Å². The summed E-state index contributed by atoms with van der Waals surface area (Å²) < 4.78 is 13.1. The van der Waals surface area contributed by atoms with Crippen LogP contribution in [-0.2, 0) is 0 Å². The summed E-state index contributed by atoms with van der Waals surface area (Å²) in [4.78, 5) is 10.2. The van der Waals surface area contributed by atoms with Crippen molar-refractivity contribution in [3.63, 3.8) is 0 Å². The summed E-state index contributed by atoms with van der Waals surface area (Å²) in [7, 11) is 0. The molecule has 4 nitrogen and oxygen atoms in total. The number of nitrogens with zero attached hydrogens (tertiary/aromatic N) is 2. The molecule has 0 atom stereocenters. The second kappa shape index (κ2) is 9.01. The molecule has 0 fully saturated rings. The molecule has 0 bridgehead atoms. The van der Waals surface area contributed by atoms with E-state index in [1.807, 2.05) is 6.20 Å². The summed E-state index contributed by atoms with van der Waals surface area (Å²) >= 11 is 0. The zero-order chi connectivity index (χ0) is 29.6. The minimum absolute atomic E-state index is 0.817. The Hall–Kier alpha value is -6.00. The number of fused-ring (bicyclic) bond motifs is 13. The van der Waals surface area contributed by atoms with Crippen molar-refractivity contribution < 1.29 is 8.83 Å². The van der Waals surface area contributed by atoms with Crippen LogP contribution in [0.4, 0.5) is 0 Å². The summed E-state index contributed by atoms with van der Waals surface area (Å²) in [5, 5.41) is 8.88. The number of rotatable bonds is 2. The molecule has 0 saturated carbocycles. The number of furan rings is 2. The van der Waals surface area contributed by atoms with E-state index in [2.05, 4.69) is 128 Å². The minimum atomic E-state index is 0.817. The van der Waals surface area contributed by atoms with Crippen molar-refractivity contribution in [2.24, 2.45) is 0 Å². The van der Waals surface area contributed by atoms with Crippen LogP contribution in [-0.4, -0.2) is 9.97 Å². The third kappa shape index (κ3) is 3.42. The molecule has 0 N–H and O–H groups in total. The van der Waals surface area contributed by atoms with Gasteiger partial charge in [0.2, 0.25) is 0 Å². The smallest absolute Gasteiger partial charge is 0.147 e. The van der Waals surface area contributed by atoms with Crippen LogP contribution in [0.1, 0.15) is 5.56 Å². The van der Waals surface area contributed by atoms with Crippen LogP contribution in [0.15, 0.2) is 136 Å². The van der Waals surface area contributed by atoms with Crippen molar-refractivity contribution >= 4 is 76.5 Å². The molecule has 0 spiro atoms. The molecular weight excluding hydrogens is 552 g/mol. The number of hydrogen-bond donors (Lipinski definition) is 0. The molecule has 3 aromatic heterocycles. The number of hydrogen-bond acceptors (Lipinski definition) is 4. The van der Waals surface area contributed by atoms with E-state index in [0.29, 0.717) is 0 Å². The second-order valence-electron chi connectivity index (χ2n) is 11.8. The number of para-hydroxylation sites is 2. The molecule has 10 aromatic rings. The van der Waals surface area contributed by atoms with Crippen molar-refractivity contribution in [2.75, 3.05) is 0 Å². The highest BCUT2D eigenvalue weighted by molar-refractivity contribution is 6.24. The van der Waals surface area contributed by atoms with Crippen LogP contribution in [0.5, 0.6) is 0 Å². The first kappa shape index (κ1) is 24.4. The highest BCUT2D eigenvalue weighted by atomic mass is 16.3. The van der Waals surface area contributed by atoms with Crippen molar-refractivity contribution in [3.8, 4) is 22.4 Å². The van der Waals surface area contributed by atoms with Crippen LogP contribution < -0.4 is 0 Å². The first-order valence-electron chi connectivity index (χ1n) is 15.2. The summed E-state index contributed by atoms with van der Waals surface area (Å²) in [6, 6.07) is 42.2. The van der Waals surface area contributed by atoms with E-state index in [9.17, 15) is 0 Å². The van der Waals surface area contributed by atoms with Gasteiger partial charge in [-0.25, -0.2) is 4.98 Å². The van der Waals surface area contributed by atoms with Crippen molar-refractivity contribution in [1.29, 1.82) is 0 Å². The number of benzene rings is 7. The Labute approximate surface area is 257 Å². The maximum atomic E-state index is 6.58. The van der Waals surface area contributed by atoms with E-state index in [1.54, 1.807) is 0 Å². The minimum Gasteiger partial charge on any atom is -0.455 e. The van der Waals surface area contributed by atoms with Gasteiger partial charge in [0.1, 0.15) is 22.3 Å². The fourth-order valence-corrected chi connectivity index (χ4v) is 7.11. The third-order valence-corrected chi connectivity index (χ3v) is 9.22. The van der Waals surface area contributed by atoms with Gasteiger partial charge in [0.25, 0.3) is 0 Å². The van der Waals surface area contributed by atoms with Gasteiger partial charge in [0.15, 0.2) is 0 Å². The summed E-state index contributed by atoms with van der Waals surface area (Å²) in [5.74, 6) is 0. The van der Waals surface area contributed by atoms with Crippen LogP contribution in [0, 0.1) is 6.92 Å². The Kier molecular flexibility index (Phi) is 4.89. The maximum Gasteiger partial charge on any atom is 0.147 e. The van der Waals surface area contributed by atoms with Crippen LogP contribution in [0.2, 0.25) is 0 Å². The number of aromatic nitrogens is 2. The van der Waals surface area contributed by atoms with Gasteiger partial charge in [-0.1, -0.05) is 103 Å². The topological polar surface area (TPSA) is 52.1 Å². The van der Waals surface area contributed by atoms with Gasteiger partial charge in [-0.05, 0) is 47.0 Å². The van der Waals surface area contributed by atoms with E-state index < -0.39 is 0 Å². The molecule has 0 aliphatic carbocycles. The average Bonchev–Trinajstić information content (AvgIpc) is 3.68. The molecule has 4 heteroatoms. The zero-order valence-electron chi connectivity index (χ0n) is 24.3. The van der Waals surface area contributed by atoms with Crippen molar-refractivity contribution in [3.05, 3.63) is 133 Å². The Balaban J connectivity index is 1.17. The van der Waals surface area contributed by atoms with Crippen molar-refractivity contribution in [2.45, 2.75) is 6.92 Å². The molecule has 0 saturated heterocycles. The molecule has 0 amide bonds. The van der Waals surface area contributed by atoms with Gasteiger partial charge in [0.05, 0.1) is 28.3 Å².